The van der Waals surface area contributed by atoms with Crippen LogP contribution in [0.1, 0.15) is 6.42 Å². The van der Waals surface area contributed by atoms with Crippen molar-refractivity contribution in [1.82, 2.24) is 14.9 Å². The quantitative estimate of drug-likeness (QED) is 0.635. The van der Waals surface area contributed by atoms with Crippen molar-refractivity contribution >= 4 is 5.91 Å². The standard InChI is InChI=1S/C8H14N4O/c9-2-3-11-8(13)1-5-12-6-4-10-7-12/h4,6-7H,1-3,5,9H2,(H,11,13). The molecule has 0 aliphatic carbocycles. The van der Waals surface area contributed by atoms with Gasteiger partial charge in [-0.2, -0.15) is 0 Å². The summed E-state index contributed by atoms with van der Waals surface area (Å²) in [5.74, 6) is 0.0270. The van der Waals surface area contributed by atoms with Crippen LogP contribution in [0.15, 0.2) is 18.7 Å². The third-order valence-electron chi connectivity index (χ3n) is 1.62. The van der Waals surface area contributed by atoms with Crippen LogP contribution in [0.4, 0.5) is 0 Å². The van der Waals surface area contributed by atoms with E-state index in [1.165, 1.54) is 0 Å². The number of amides is 1. The number of aryl methyl sites for hydroxylation is 1. The smallest absolute Gasteiger partial charge is 0.221 e. The van der Waals surface area contributed by atoms with Crippen LogP contribution in [0.2, 0.25) is 0 Å². The summed E-state index contributed by atoms with van der Waals surface area (Å²) >= 11 is 0. The molecule has 3 N–H and O–H groups in total. The molecule has 1 amide bonds. The molecule has 0 fully saturated rings. The van der Waals surface area contributed by atoms with Gasteiger partial charge in [-0.1, -0.05) is 0 Å². The Bertz CT molecular complexity index is 245. The summed E-state index contributed by atoms with van der Waals surface area (Å²) in [4.78, 5) is 15.0. The molecule has 5 heteroatoms. The molecule has 0 aliphatic rings. The Kier molecular flexibility index (Phi) is 3.98. The molecule has 1 heterocycles. The van der Waals surface area contributed by atoms with Crippen LogP contribution in [-0.2, 0) is 11.3 Å². The van der Waals surface area contributed by atoms with Gasteiger partial charge < -0.3 is 15.6 Å². The number of nitrogens with two attached hydrogens (primary N) is 1. The topological polar surface area (TPSA) is 72.9 Å². The zero-order chi connectivity index (χ0) is 9.52. The van der Waals surface area contributed by atoms with E-state index in [0.717, 1.165) is 0 Å². The summed E-state index contributed by atoms with van der Waals surface area (Å²) in [5.41, 5.74) is 5.24. The largest absolute Gasteiger partial charge is 0.355 e. The van der Waals surface area contributed by atoms with Crippen LogP contribution >= 0.6 is 0 Å². The van der Waals surface area contributed by atoms with E-state index in [4.69, 9.17) is 5.73 Å². The molecule has 0 saturated carbocycles. The number of imidazole rings is 1. The summed E-state index contributed by atoms with van der Waals surface area (Å²) in [6.45, 7) is 1.69. The van der Waals surface area contributed by atoms with Gasteiger partial charge >= 0.3 is 0 Å². The Morgan fingerprint density at radius 3 is 3.08 bits per heavy atom. The molecule has 1 aromatic rings. The van der Waals surface area contributed by atoms with E-state index in [0.29, 0.717) is 26.1 Å². The summed E-state index contributed by atoms with van der Waals surface area (Å²) in [5, 5.41) is 2.70. The van der Waals surface area contributed by atoms with Crippen LogP contribution in [0.3, 0.4) is 0 Å². The molecule has 0 saturated heterocycles. The number of hydrogen-bond donors (Lipinski definition) is 2. The Morgan fingerprint density at radius 2 is 2.46 bits per heavy atom. The normalized spacial score (nSPS) is 9.92. The zero-order valence-corrected chi connectivity index (χ0v) is 7.44. The minimum absolute atomic E-state index is 0.0270. The van der Waals surface area contributed by atoms with Crippen molar-refractivity contribution in [2.75, 3.05) is 13.1 Å². The summed E-state index contributed by atoms with van der Waals surface area (Å²) < 4.78 is 1.86. The number of carbonyl (C=O) groups is 1. The van der Waals surface area contributed by atoms with Gasteiger partial charge in [0.15, 0.2) is 0 Å². The van der Waals surface area contributed by atoms with E-state index in [1.54, 1.807) is 12.5 Å². The van der Waals surface area contributed by atoms with Gasteiger partial charge in [0.25, 0.3) is 0 Å². The highest BCUT2D eigenvalue weighted by Gasteiger charge is 1.99. The monoisotopic (exact) mass is 182 g/mol. The summed E-state index contributed by atoms with van der Waals surface area (Å²) in [6.07, 6.45) is 5.68. The molecule has 72 valence electrons. The Balaban J connectivity index is 2.15. The summed E-state index contributed by atoms with van der Waals surface area (Å²) in [6, 6.07) is 0. The van der Waals surface area contributed by atoms with Gasteiger partial charge in [-0.25, -0.2) is 4.98 Å². The molecule has 0 spiro atoms. The van der Waals surface area contributed by atoms with Crippen molar-refractivity contribution in [3.63, 3.8) is 0 Å². The number of nitrogens with zero attached hydrogens (tertiary/aromatic N) is 2. The van der Waals surface area contributed by atoms with E-state index >= 15 is 0 Å². The Hall–Kier alpha value is -1.36. The predicted molar refractivity (Wildman–Crippen MR) is 48.9 cm³/mol. The SMILES string of the molecule is NCCNC(=O)CCn1ccnc1. The first kappa shape index (κ1) is 9.73. The first-order valence-electron chi connectivity index (χ1n) is 4.25. The highest BCUT2D eigenvalue weighted by molar-refractivity contribution is 5.75. The summed E-state index contributed by atoms with van der Waals surface area (Å²) in [7, 11) is 0. The van der Waals surface area contributed by atoms with E-state index < -0.39 is 0 Å². The number of rotatable bonds is 5. The lowest BCUT2D eigenvalue weighted by Gasteiger charge is -2.03. The first-order valence-corrected chi connectivity index (χ1v) is 4.25. The average Bonchev–Trinajstić information content (AvgIpc) is 2.64. The van der Waals surface area contributed by atoms with Crippen LogP contribution in [0.5, 0.6) is 0 Å². The fourth-order valence-electron chi connectivity index (χ4n) is 0.950. The molecule has 0 unspecified atom stereocenters. The maximum absolute atomic E-state index is 11.1. The number of aromatic nitrogens is 2. The molecule has 1 rings (SSSR count). The van der Waals surface area contributed by atoms with Crippen molar-refractivity contribution in [3.05, 3.63) is 18.7 Å². The van der Waals surface area contributed by atoms with Crippen molar-refractivity contribution in [2.45, 2.75) is 13.0 Å². The molecule has 5 nitrogen and oxygen atoms in total. The molecule has 1 aromatic heterocycles. The zero-order valence-electron chi connectivity index (χ0n) is 7.44. The van der Waals surface area contributed by atoms with Gasteiger partial charge in [0.05, 0.1) is 6.33 Å². The third kappa shape index (κ3) is 3.71. The maximum Gasteiger partial charge on any atom is 0.221 e. The minimum atomic E-state index is 0.0270. The van der Waals surface area contributed by atoms with Crippen molar-refractivity contribution in [2.24, 2.45) is 5.73 Å². The van der Waals surface area contributed by atoms with Crippen LogP contribution in [0, 0.1) is 0 Å². The Labute approximate surface area is 76.9 Å². The molecule has 0 aromatic carbocycles. The van der Waals surface area contributed by atoms with Crippen molar-refractivity contribution in [1.29, 1.82) is 0 Å². The lowest BCUT2D eigenvalue weighted by atomic mass is 10.4. The highest BCUT2D eigenvalue weighted by Crippen LogP contribution is 1.89. The van der Waals surface area contributed by atoms with Gasteiger partial charge in [-0.15, -0.1) is 0 Å². The van der Waals surface area contributed by atoms with Crippen molar-refractivity contribution < 1.29 is 4.79 Å². The molecular formula is C8H14N4O. The molecular weight excluding hydrogens is 168 g/mol. The van der Waals surface area contributed by atoms with Crippen LogP contribution < -0.4 is 11.1 Å². The lowest BCUT2D eigenvalue weighted by Crippen LogP contribution is -2.29. The van der Waals surface area contributed by atoms with E-state index in [1.807, 2.05) is 10.8 Å². The van der Waals surface area contributed by atoms with Crippen LogP contribution in [-0.4, -0.2) is 28.5 Å². The van der Waals surface area contributed by atoms with Gasteiger partial charge in [0.1, 0.15) is 0 Å². The fraction of sp³-hybridized carbons (Fsp3) is 0.500. The predicted octanol–water partition coefficient (Wildman–Crippen LogP) is -0.652. The van der Waals surface area contributed by atoms with E-state index in [-0.39, 0.29) is 5.91 Å². The Morgan fingerprint density at radius 1 is 1.62 bits per heavy atom. The van der Waals surface area contributed by atoms with Crippen LogP contribution in [0.25, 0.3) is 0 Å². The van der Waals surface area contributed by atoms with Gasteiger partial charge in [-0.3, -0.25) is 4.79 Å². The van der Waals surface area contributed by atoms with Gasteiger partial charge in [0.2, 0.25) is 5.91 Å². The van der Waals surface area contributed by atoms with E-state index in [2.05, 4.69) is 10.3 Å². The average molecular weight is 182 g/mol. The minimum Gasteiger partial charge on any atom is -0.355 e. The van der Waals surface area contributed by atoms with E-state index in [9.17, 15) is 4.79 Å². The number of nitrogens with one attached hydrogen (secondary N) is 1. The third-order valence-corrected chi connectivity index (χ3v) is 1.62. The molecule has 0 atom stereocenters. The van der Waals surface area contributed by atoms with Crippen molar-refractivity contribution in [3.8, 4) is 0 Å². The highest BCUT2D eigenvalue weighted by atomic mass is 16.1. The number of carbonyl (C=O) groups excluding carboxylic acids is 1. The second kappa shape index (κ2) is 5.31. The fourth-order valence-corrected chi connectivity index (χ4v) is 0.950. The molecule has 0 radical (unpaired) electrons. The second-order valence-electron chi connectivity index (χ2n) is 2.69. The molecule has 0 bridgehead atoms. The molecule has 13 heavy (non-hydrogen) atoms. The first-order chi connectivity index (χ1) is 6.33. The second-order valence-corrected chi connectivity index (χ2v) is 2.69. The lowest BCUT2D eigenvalue weighted by molar-refractivity contribution is -0.121. The maximum atomic E-state index is 11.1. The van der Waals surface area contributed by atoms with Gasteiger partial charge in [0, 0.05) is 38.4 Å². The molecule has 0 aliphatic heterocycles. The number of hydrogen-bond acceptors (Lipinski definition) is 3. The van der Waals surface area contributed by atoms with Gasteiger partial charge in [-0.05, 0) is 0 Å².